The summed E-state index contributed by atoms with van der Waals surface area (Å²) in [7, 11) is 0. The largest absolute Gasteiger partial charge is 0.356 e. The predicted octanol–water partition coefficient (Wildman–Crippen LogP) is 1.53. The molecule has 0 fully saturated rings. The van der Waals surface area contributed by atoms with Crippen LogP contribution in [0.15, 0.2) is 6.33 Å². The molecule has 4 nitrogen and oxygen atoms in total. The highest BCUT2D eigenvalue weighted by Gasteiger charge is 2.25. The summed E-state index contributed by atoms with van der Waals surface area (Å²) >= 11 is 0. The van der Waals surface area contributed by atoms with E-state index in [2.05, 4.69) is 22.2 Å². The van der Waals surface area contributed by atoms with Crippen molar-refractivity contribution in [3.63, 3.8) is 0 Å². The Balaban J connectivity index is 0.00000128. The molecule has 1 aliphatic rings. The fourth-order valence-electron chi connectivity index (χ4n) is 2.02. The first-order valence-electron chi connectivity index (χ1n) is 5.60. The Bertz CT molecular complexity index is 354. The fraction of sp³-hybridized carbons (Fsp3) is 0.636. The third-order valence-electron chi connectivity index (χ3n) is 2.91. The Morgan fingerprint density at radius 2 is 2.67 bits per heavy atom. The highest BCUT2D eigenvalue weighted by atomic mass is 16.1. The first-order chi connectivity index (χ1) is 7.31. The van der Waals surface area contributed by atoms with Gasteiger partial charge < -0.3 is 10.3 Å². The lowest BCUT2D eigenvalue weighted by atomic mass is 9.89. The van der Waals surface area contributed by atoms with Gasteiger partial charge in [0, 0.05) is 27.4 Å². The SMILES string of the molecule is CCCNC(=O)C1CCc2nc[nH]c2C1.[HH].[HH]. The maximum atomic E-state index is 11.7. The van der Waals surface area contributed by atoms with Gasteiger partial charge in [-0.25, -0.2) is 4.98 Å². The van der Waals surface area contributed by atoms with Crippen LogP contribution in [0.5, 0.6) is 0 Å². The van der Waals surface area contributed by atoms with E-state index in [0.29, 0.717) is 0 Å². The summed E-state index contributed by atoms with van der Waals surface area (Å²) in [6.07, 6.45) is 5.37. The van der Waals surface area contributed by atoms with Crippen LogP contribution in [-0.4, -0.2) is 22.4 Å². The summed E-state index contributed by atoms with van der Waals surface area (Å²) in [6.45, 7) is 2.85. The zero-order valence-corrected chi connectivity index (χ0v) is 9.05. The van der Waals surface area contributed by atoms with Gasteiger partial charge >= 0.3 is 0 Å². The van der Waals surface area contributed by atoms with Crippen LogP contribution < -0.4 is 5.32 Å². The third-order valence-corrected chi connectivity index (χ3v) is 2.91. The van der Waals surface area contributed by atoms with Gasteiger partial charge in [-0.3, -0.25) is 4.79 Å². The summed E-state index contributed by atoms with van der Waals surface area (Å²) in [5.41, 5.74) is 2.27. The molecule has 15 heavy (non-hydrogen) atoms. The zero-order valence-electron chi connectivity index (χ0n) is 9.05. The highest BCUT2D eigenvalue weighted by molar-refractivity contribution is 5.79. The molecule has 0 spiro atoms. The van der Waals surface area contributed by atoms with Crippen molar-refractivity contribution in [2.75, 3.05) is 6.54 Å². The molecule has 2 rings (SSSR count). The number of aryl methyl sites for hydroxylation is 1. The number of amides is 1. The Morgan fingerprint density at radius 3 is 3.47 bits per heavy atom. The topological polar surface area (TPSA) is 57.8 Å². The number of hydrogen-bond donors (Lipinski definition) is 2. The normalized spacial score (nSPS) is 19.7. The molecule has 86 valence electrons. The number of H-pyrrole nitrogens is 1. The van der Waals surface area contributed by atoms with Crippen molar-refractivity contribution in [2.24, 2.45) is 5.92 Å². The van der Waals surface area contributed by atoms with Crippen molar-refractivity contribution in [2.45, 2.75) is 32.6 Å². The quantitative estimate of drug-likeness (QED) is 0.796. The molecule has 4 heteroatoms. The number of rotatable bonds is 3. The molecule has 0 aliphatic heterocycles. The van der Waals surface area contributed by atoms with Crippen molar-refractivity contribution in [3.8, 4) is 0 Å². The Hall–Kier alpha value is -1.32. The van der Waals surface area contributed by atoms with E-state index in [9.17, 15) is 4.79 Å². The van der Waals surface area contributed by atoms with E-state index in [1.54, 1.807) is 6.33 Å². The molecule has 1 aromatic rings. The summed E-state index contributed by atoms with van der Waals surface area (Å²) < 4.78 is 0. The van der Waals surface area contributed by atoms with Crippen LogP contribution in [0.25, 0.3) is 0 Å². The average Bonchev–Trinajstić information content (AvgIpc) is 2.72. The third kappa shape index (κ3) is 2.19. The van der Waals surface area contributed by atoms with Gasteiger partial charge in [0.2, 0.25) is 5.91 Å². The number of carbonyl (C=O) groups is 1. The molecule has 1 atom stereocenters. The maximum Gasteiger partial charge on any atom is 0.223 e. The monoisotopic (exact) mass is 211 g/mol. The van der Waals surface area contributed by atoms with Crippen molar-refractivity contribution in [1.82, 2.24) is 15.3 Å². The van der Waals surface area contributed by atoms with Crippen molar-refractivity contribution >= 4 is 5.91 Å². The van der Waals surface area contributed by atoms with E-state index in [-0.39, 0.29) is 14.7 Å². The summed E-state index contributed by atoms with van der Waals surface area (Å²) in [5, 5.41) is 2.95. The van der Waals surface area contributed by atoms with Gasteiger partial charge in [-0.15, -0.1) is 0 Å². The van der Waals surface area contributed by atoms with E-state index in [1.807, 2.05) is 0 Å². The number of aromatic amines is 1. The second-order valence-electron chi connectivity index (χ2n) is 4.06. The van der Waals surface area contributed by atoms with Crippen LogP contribution in [0, 0.1) is 5.92 Å². The van der Waals surface area contributed by atoms with Gasteiger partial charge in [0.1, 0.15) is 0 Å². The van der Waals surface area contributed by atoms with Gasteiger partial charge in [0.25, 0.3) is 0 Å². The Morgan fingerprint density at radius 1 is 1.80 bits per heavy atom. The molecule has 1 heterocycles. The molecule has 1 unspecified atom stereocenters. The Labute approximate surface area is 92.5 Å². The van der Waals surface area contributed by atoms with E-state index >= 15 is 0 Å². The van der Waals surface area contributed by atoms with Crippen molar-refractivity contribution in [1.29, 1.82) is 0 Å². The fourth-order valence-corrected chi connectivity index (χ4v) is 2.02. The number of nitrogens with zero attached hydrogens (tertiary/aromatic N) is 1. The number of hydrogen-bond acceptors (Lipinski definition) is 2. The summed E-state index contributed by atoms with van der Waals surface area (Å²) in [4.78, 5) is 19.1. The summed E-state index contributed by atoms with van der Waals surface area (Å²) in [5.74, 6) is 0.321. The molecule has 1 aliphatic carbocycles. The number of imidazole rings is 1. The van der Waals surface area contributed by atoms with Gasteiger partial charge in [-0.1, -0.05) is 6.92 Å². The lowest BCUT2D eigenvalue weighted by Crippen LogP contribution is -2.34. The number of fused-ring (bicyclic) bond motifs is 1. The molecule has 0 aromatic carbocycles. The molecular formula is C11H21N3O. The first kappa shape index (κ1) is 10.2. The van der Waals surface area contributed by atoms with Gasteiger partial charge in [-0.2, -0.15) is 0 Å². The lowest BCUT2D eigenvalue weighted by Gasteiger charge is -2.20. The minimum absolute atomic E-state index is 0. The molecule has 0 bridgehead atoms. The van der Waals surface area contributed by atoms with Gasteiger partial charge in [0.15, 0.2) is 0 Å². The predicted molar refractivity (Wildman–Crippen MR) is 61.6 cm³/mol. The van der Waals surface area contributed by atoms with Crippen LogP contribution in [0.4, 0.5) is 0 Å². The average molecular weight is 211 g/mol. The first-order valence-corrected chi connectivity index (χ1v) is 5.60. The maximum absolute atomic E-state index is 11.7. The molecule has 0 radical (unpaired) electrons. The smallest absolute Gasteiger partial charge is 0.223 e. The second kappa shape index (κ2) is 4.47. The Kier molecular flexibility index (Phi) is 3.04. The van der Waals surface area contributed by atoms with E-state index in [1.165, 1.54) is 0 Å². The van der Waals surface area contributed by atoms with Crippen LogP contribution >= 0.6 is 0 Å². The zero-order chi connectivity index (χ0) is 10.7. The number of carbonyl (C=O) groups excluding carboxylic acids is 1. The molecule has 0 saturated heterocycles. The molecule has 1 aromatic heterocycles. The van der Waals surface area contributed by atoms with Crippen LogP contribution in [0.3, 0.4) is 0 Å². The molecule has 1 amide bonds. The van der Waals surface area contributed by atoms with Gasteiger partial charge in [-0.05, 0) is 19.3 Å². The van der Waals surface area contributed by atoms with Crippen molar-refractivity contribution < 1.29 is 7.65 Å². The van der Waals surface area contributed by atoms with Gasteiger partial charge in [0.05, 0.1) is 12.0 Å². The lowest BCUT2D eigenvalue weighted by molar-refractivity contribution is -0.125. The number of nitrogens with one attached hydrogen (secondary N) is 2. The number of aromatic nitrogens is 2. The second-order valence-corrected chi connectivity index (χ2v) is 4.06. The molecule has 2 N–H and O–H groups in total. The molecule has 0 saturated carbocycles. The van der Waals surface area contributed by atoms with E-state index < -0.39 is 0 Å². The van der Waals surface area contributed by atoms with E-state index in [4.69, 9.17) is 0 Å². The molecular weight excluding hydrogens is 190 g/mol. The highest BCUT2D eigenvalue weighted by Crippen LogP contribution is 2.22. The van der Waals surface area contributed by atoms with Crippen LogP contribution in [-0.2, 0) is 17.6 Å². The standard InChI is InChI=1S/C11H17N3O.2H2/c1-2-5-12-11(15)8-3-4-9-10(6-8)14-7-13-9;;/h7-8H,2-6H2,1H3,(H,12,15)(H,13,14);2*1H. The van der Waals surface area contributed by atoms with E-state index in [0.717, 1.165) is 43.6 Å². The minimum Gasteiger partial charge on any atom is -0.356 e. The van der Waals surface area contributed by atoms with Crippen molar-refractivity contribution in [3.05, 3.63) is 17.7 Å². The minimum atomic E-state index is 0. The van der Waals surface area contributed by atoms with Crippen LogP contribution in [0.2, 0.25) is 0 Å². The van der Waals surface area contributed by atoms with Crippen LogP contribution in [0.1, 0.15) is 34.0 Å². The summed E-state index contributed by atoms with van der Waals surface area (Å²) in [6, 6.07) is 0.